The molecular weight excluding hydrogens is 196 g/mol. The molecule has 16 heavy (non-hydrogen) atoms. The Labute approximate surface area is 97.1 Å². The number of fused-ring (bicyclic) bond motifs is 1. The van der Waals surface area contributed by atoms with Crippen LogP contribution in [0.4, 0.5) is 0 Å². The van der Waals surface area contributed by atoms with Crippen molar-refractivity contribution in [3.63, 3.8) is 0 Å². The standard InChI is InChI=1S/C15H18O/c1-15(2,3)14-7-5-6-11-10-12(16-4)8-9-13(11)14/h5-10H,1-4H3. The van der Waals surface area contributed by atoms with E-state index >= 15 is 0 Å². The smallest absolute Gasteiger partial charge is 0.119 e. The third-order valence-electron chi connectivity index (χ3n) is 2.90. The summed E-state index contributed by atoms with van der Waals surface area (Å²) in [5.74, 6) is 0.915. The average molecular weight is 214 g/mol. The van der Waals surface area contributed by atoms with Crippen molar-refractivity contribution in [2.45, 2.75) is 26.2 Å². The van der Waals surface area contributed by atoms with Gasteiger partial charge in [-0.25, -0.2) is 0 Å². The number of rotatable bonds is 1. The van der Waals surface area contributed by atoms with Crippen LogP contribution in [0, 0.1) is 0 Å². The van der Waals surface area contributed by atoms with E-state index in [2.05, 4.69) is 51.1 Å². The van der Waals surface area contributed by atoms with Crippen LogP contribution in [0.15, 0.2) is 36.4 Å². The minimum absolute atomic E-state index is 0.175. The molecule has 0 radical (unpaired) electrons. The quantitative estimate of drug-likeness (QED) is 0.693. The Morgan fingerprint density at radius 3 is 2.38 bits per heavy atom. The Morgan fingerprint density at radius 1 is 1.00 bits per heavy atom. The van der Waals surface area contributed by atoms with Gasteiger partial charge in [0.1, 0.15) is 5.75 Å². The van der Waals surface area contributed by atoms with Crippen LogP contribution in [0.3, 0.4) is 0 Å². The van der Waals surface area contributed by atoms with Crippen LogP contribution >= 0.6 is 0 Å². The Bertz CT molecular complexity index is 506. The summed E-state index contributed by atoms with van der Waals surface area (Å²) < 4.78 is 5.25. The van der Waals surface area contributed by atoms with Crippen molar-refractivity contribution in [1.29, 1.82) is 0 Å². The second-order valence-corrected chi connectivity index (χ2v) is 5.14. The molecule has 0 saturated carbocycles. The molecule has 0 saturated heterocycles. The lowest BCUT2D eigenvalue weighted by Gasteiger charge is -2.21. The zero-order valence-corrected chi connectivity index (χ0v) is 10.4. The van der Waals surface area contributed by atoms with Crippen LogP contribution in [-0.2, 0) is 5.41 Å². The van der Waals surface area contributed by atoms with Gasteiger partial charge in [0, 0.05) is 0 Å². The van der Waals surface area contributed by atoms with Gasteiger partial charge < -0.3 is 4.74 Å². The van der Waals surface area contributed by atoms with Gasteiger partial charge in [-0.15, -0.1) is 0 Å². The van der Waals surface area contributed by atoms with Crippen molar-refractivity contribution < 1.29 is 4.74 Å². The van der Waals surface area contributed by atoms with Gasteiger partial charge >= 0.3 is 0 Å². The number of hydrogen-bond acceptors (Lipinski definition) is 1. The average Bonchev–Trinajstić information content (AvgIpc) is 2.26. The molecule has 0 bridgehead atoms. The highest BCUT2D eigenvalue weighted by Crippen LogP contribution is 2.31. The summed E-state index contributed by atoms with van der Waals surface area (Å²) in [6.45, 7) is 6.73. The minimum Gasteiger partial charge on any atom is -0.497 e. The molecule has 0 atom stereocenters. The molecule has 0 aromatic heterocycles. The summed E-state index contributed by atoms with van der Waals surface area (Å²) in [6, 6.07) is 12.7. The van der Waals surface area contributed by atoms with Gasteiger partial charge in [0.25, 0.3) is 0 Å². The summed E-state index contributed by atoms with van der Waals surface area (Å²) in [4.78, 5) is 0. The van der Waals surface area contributed by atoms with E-state index in [1.165, 1.54) is 16.3 Å². The molecule has 2 rings (SSSR count). The van der Waals surface area contributed by atoms with Crippen LogP contribution in [0.5, 0.6) is 5.75 Å². The fourth-order valence-corrected chi connectivity index (χ4v) is 2.04. The highest BCUT2D eigenvalue weighted by molar-refractivity contribution is 5.87. The summed E-state index contributed by atoms with van der Waals surface area (Å²) in [5, 5.41) is 2.56. The fraction of sp³-hybridized carbons (Fsp3) is 0.333. The molecule has 0 fully saturated rings. The molecule has 2 aromatic carbocycles. The van der Waals surface area contributed by atoms with Gasteiger partial charge in [-0.05, 0) is 33.9 Å². The molecule has 0 aliphatic rings. The summed E-state index contributed by atoms with van der Waals surface area (Å²) in [5.41, 5.74) is 1.56. The second-order valence-electron chi connectivity index (χ2n) is 5.14. The Morgan fingerprint density at radius 2 is 1.75 bits per heavy atom. The molecular formula is C15H18O. The molecule has 84 valence electrons. The lowest BCUT2D eigenvalue weighted by atomic mass is 9.84. The van der Waals surface area contributed by atoms with E-state index in [1.807, 2.05) is 6.07 Å². The molecule has 0 spiro atoms. The second kappa shape index (κ2) is 3.82. The normalized spacial score (nSPS) is 11.8. The predicted molar refractivity (Wildman–Crippen MR) is 69.2 cm³/mol. The van der Waals surface area contributed by atoms with Crippen LogP contribution in [-0.4, -0.2) is 7.11 Å². The molecule has 0 heterocycles. The number of methoxy groups -OCH3 is 1. The van der Waals surface area contributed by atoms with Gasteiger partial charge in [0.15, 0.2) is 0 Å². The molecule has 2 aromatic rings. The monoisotopic (exact) mass is 214 g/mol. The van der Waals surface area contributed by atoms with Crippen molar-refractivity contribution in [1.82, 2.24) is 0 Å². The van der Waals surface area contributed by atoms with Crippen LogP contribution in [0.25, 0.3) is 10.8 Å². The first-order valence-corrected chi connectivity index (χ1v) is 5.59. The van der Waals surface area contributed by atoms with Crippen molar-refractivity contribution in [2.75, 3.05) is 7.11 Å². The third-order valence-corrected chi connectivity index (χ3v) is 2.90. The topological polar surface area (TPSA) is 9.23 Å². The lowest BCUT2D eigenvalue weighted by molar-refractivity contribution is 0.415. The van der Waals surface area contributed by atoms with E-state index in [1.54, 1.807) is 7.11 Å². The van der Waals surface area contributed by atoms with Crippen LogP contribution in [0.1, 0.15) is 26.3 Å². The summed E-state index contributed by atoms with van der Waals surface area (Å²) in [7, 11) is 1.70. The minimum atomic E-state index is 0.175. The largest absolute Gasteiger partial charge is 0.497 e. The van der Waals surface area contributed by atoms with Gasteiger partial charge in [-0.2, -0.15) is 0 Å². The Balaban J connectivity index is 2.70. The van der Waals surface area contributed by atoms with E-state index in [9.17, 15) is 0 Å². The Kier molecular flexibility index (Phi) is 2.63. The molecule has 0 aliphatic heterocycles. The van der Waals surface area contributed by atoms with Gasteiger partial charge in [0.05, 0.1) is 7.11 Å². The highest BCUT2D eigenvalue weighted by Gasteiger charge is 2.16. The molecule has 0 amide bonds. The SMILES string of the molecule is COc1ccc2c(C(C)(C)C)cccc2c1. The van der Waals surface area contributed by atoms with Crippen molar-refractivity contribution >= 4 is 10.8 Å². The van der Waals surface area contributed by atoms with Crippen molar-refractivity contribution in [3.05, 3.63) is 42.0 Å². The molecule has 1 heteroatoms. The molecule has 0 aliphatic carbocycles. The van der Waals surface area contributed by atoms with Crippen molar-refractivity contribution in [3.8, 4) is 5.75 Å². The lowest BCUT2D eigenvalue weighted by Crippen LogP contribution is -2.11. The maximum Gasteiger partial charge on any atom is 0.119 e. The highest BCUT2D eigenvalue weighted by atomic mass is 16.5. The first-order chi connectivity index (χ1) is 7.52. The number of hydrogen-bond donors (Lipinski definition) is 0. The van der Waals surface area contributed by atoms with Gasteiger partial charge in [0.2, 0.25) is 0 Å². The fourth-order valence-electron chi connectivity index (χ4n) is 2.04. The maximum atomic E-state index is 5.25. The summed E-state index contributed by atoms with van der Waals surface area (Å²) in [6.07, 6.45) is 0. The predicted octanol–water partition coefficient (Wildman–Crippen LogP) is 4.15. The van der Waals surface area contributed by atoms with E-state index in [0.29, 0.717) is 0 Å². The zero-order chi connectivity index (χ0) is 11.8. The number of benzene rings is 2. The molecule has 0 unspecified atom stereocenters. The van der Waals surface area contributed by atoms with Gasteiger partial charge in [-0.1, -0.05) is 45.0 Å². The van der Waals surface area contributed by atoms with E-state index in [-0.39, 0.29) is 5.41 Å². The van der Waals surface area contributed by atoms with E-state index in [0.717, 1.165) is 5.75 Å². The molecule has 1 nitrogen and oxygen atoms in total. The van der Waals surface area contributed by atoms with Crippen LogP contribution < -0.4 is 4.74 Å². The summed E-state index contributed by atoms with van der Waals surface area (Å²) >= 11 is 0. The first-order valence-electron chi connectivity index (χ1n) is 5.59. The van der Waals surface area contributed by atoms with Gasteiger partial charge in [-0.3, -0.25) is 0 Å². The van der Waals surface area contributed by atoms with Crippen LogP contribution in [0.2, 0.25) is 0 Å². The van der Waals surface area contributed by atoms with Crippen molar-refractivity contribution in [2.24, 2.45) is 0 Å². The third kappa shape index (κ3) is 1.90. The van der Waals surface area contributed by atoms with E-state index < -0.39 is 0 Å². The molecule has 0 N–H and O–H groups in total. The first kappa shape index (κ1) is 11.0. The zero-order valence-electron chi connectivity index (χ0n) is 10.4. The number of ether oxygens (including phenoxy) is 1. The van der Waals surface area contributed by atoms with E-state index in [4.69, 9.17) is 4.74 Å². The Hall–Kier alpha value is -1.50. The maximum absolute atomic E-state index is 5.25.